The lowest BCUT2D eigenvalue weighted by Crippen LogP contribution is -2.06. The molecular formula is C9H10BrNO3. The number of halogens is 1. The molecule has 0 spiro atoms. The summed E-state index contributed by atoms with van der Waals surface area (Å²) in [6.07, 6.45) is 0. The molecule has 1 N–H and O–H groups in total. The summed E-state index contributed by atoms with van der Waals surface area (Å²) in [7, 11) is 1.50. The average Bonchev–Trinajstić information content (AvgIpc) is 2.12. The van der Waals surface area contributed by atoms with E-state index >= 15 is 0 Å². The molecule has 0 aliphatic heterocycles. The molecule has 0 bridgehead atoms. The molecule has 0 aromatic carbocycles. The number of hydrogen-bond donors (Lipinski definition) is 1. The standard InChI is InChI=1S/C9H10BrNO3/c1-4-5(2)11-7(9(12)13)6(10)8(4)14-3/h1-3H3,(H,12,13). The minimum absolute atomic E-state index is 0.0232. The van der Waals surface area contributed by atoms with Gasteiger partial charge in [-0.3, -0.25) is 0 Å². The van der Waals surface area contributed by atoms with Crippen LogP contribution >= 0.6 is 15.9 Å². The molecule has 1 aromatic rings. The fraction of sp³-hybridized carbons (Fsp3) is 0.333. The molecule has 0 saturated heterocycles. The Labute approximate surface area is 90.0 Å². The summed E-state index contributed by atoms with van der Waals surface area (Å²) in [5, 5.41) is 8.85. The van der Waals surface area contributed by atoms with E-state index in [-0.39, 0.29) is 5.69 Å². The highest BCUT2D eigenvalue weighted by molar-refractivity contribution is 9.10. The van der Waals surface area contributed by atoms with Crippen molar-refractivity contribution in [1.82, 2.24) is 4.98 Å². The third-order valence-electron chi connectivity index (χ3n) is 1.98. The van der Waals surface area contributed by atoms with Gasteiger partial charge in [-0.25, -0.2) is 9.78 Å². The molecule has 0 amide bonds. The lowest BCUT2D eigenvalue weighted by atomic mass is 10.2. The number of aromatic carboxylic acids is 1. The highest BCUT2D eigenvalue weighted by atomic mass is 79.9. The summed E-state index contributed by atoms with van der Waals surface area (Å²) < 4.78 is 5.48. The van der Waals surface area contributed by atoms with Crippen LogP contribution in [-0.2, 0) is 0 Å². The topological polar surface area (TPSA) is 59.4 Å². The molecule has 14 heavy (non-hydrogen) atoms. The normalized spacial score (nSPS) is 10.0. The first-order valence-electron chi connectivity index (χ1n) is 3.93. The lowest BCUT2D eigenvalue weighted by Gasteiger charge is -2.11. The van der Waals surface area contributed by atoms with Crippen LogP contribution in [0.1, 0.15) is 21.7 Å². The first-order valence-corrected chi connectivity index (χ1v) is 4.72. The zero-order valence-electron chi connectivity index (χ0n) is 8.09. The molecule has 0 fully saturated rings. The van der Waals surface area contributed by atoms with E-state index in [1.165, 1.54) is 7.11 Å². The van der Waals surface area contributed by atoms with Crippen LogP contribution < -0.4 is 4.74 Å². The molecule has 1 rings (SSSR count). The monoisotopic (exact) mass is 259 g/mol. The fourth-order valence-electron chi connectivity index (χ4n) is 1.12. The van der Waals surface area contributed by atoms with Crippen LogP contribution in [0.4, 0.5) is 0 Å². The van der Waals surface area contributed by atoms with Crippen LogP contribution in [0.3, 0.4) is 0 Å². The fourth-order valence-corrected chi connectivity index (χ4v) is 1.84. The van der Waals surface area contributed by atoms with Gasteiger partial charge in [-0.2, -0.15) is 0 Å². The van der Waals surface area contributed by atoms with Crippen molar-refractivity contribution in [1.29, 1.82) is 0 Å². The lowest BCUT2D eigenvalue weighted by molar-refractivity contribution is 0.0688. The molecule has 0 saturated carbocycles. The Morgan fingerprint density at radius 3 is 2.50 bits per heavy atom. The molecule has 1 aromatic heterocycles. The largest absolute Gasteiger partial charge is 0.495 e. The second-order valence-corrected chi connectivity index (χ2v) is 3.62. The minimum atomic E-state index is -1.07. The van der Waals surface area contributed by atoms with Gasteiger partial charge in [0.25, 0.3) is 0 Å². The van der Waals surface area contributed by atoms with E-state index in [0.717, 1.165) is 5.56 Å². The molecule has 76 valence electrons. The molecule has 0 aliphatic carbocycles. The average molecular weight is 260 g/mol. The van der Waals surface area contributed by atoms with Crippen molar-refractivity contribution < 1.29 is 14.6 Å². The van der Waals surface area contributed by atoms with Gasteiger partial charge >= 0.3 is 5.97 Å². The van der Waals surface area contributed by atoms with Crippen LogP contribution in [-0.4, -0.2) is 23.2 Å². The SMILES string of the molecule is COc1c(C)c(C)nc(C(=O)O)c1Br. The third-order valence-corrected chi connectivity index (χ3v) is 2.71. The Balaban J connectivity index is 3.50. The van der Waals surface area contributed by atoms with E-state index in [2.05, 4.69) is 20.9 Å². The maximum absolute atomic E-state index is 10.8. The first-order chi connectivity index (χ1) is 6.49. The van der Waals surface area contributed by atoms with Crippen LogP contribution in [0, 0.1) is 13.8 Å². The zero-order valence-corrected chi connectivity index (χ0v) is 9.67. The number of hydrogen-bond acceptors (Lipinski definition) is 3. The van der Waals surface area contributed by atoms with Gasteiger partial charge in [-0.15, -0.1) is 0 Å². The third kappa shape index (κ3) is 1.72. The molecule has 0 aliphatic rings. The van der Waals surface area contributed by atoms with Gasteiger partial charge in [0.1, 0.15) is 5.75 Å². The van der Waals surface area contributed by atoms with Crippen LogP contribution in [0.25, 0.3) is 0 Å². The first kappa shape index (κ1) is 11.0. The Morgan fingerprint density at radius 1 is 1.50 bits per heavy atom. The van der Waals surface area contributed by atoms with Crippen molar-refractivity contribution in [3.63, 3.8) is 0 Å². The second-order valence-electron chi connectivity index (χ2n) is 2.82. The molecule has 5 heteroatoms. The van der Waals surface area contributed by atoms with Crippen LogP contribution in [0.15, 0.2) is 4.47 Å². The van der Waals surface area contributed by atoms with Gasteiger partial charge in [-0.05, 0) is 29.8 Å². The summed E-state index contributed by atoms with van der Waals surface area (Å²) >= 11 is 3.16. The number of carboxylic acids is 1. The number of pyridine rings is 1. The van der Waals surface area contributed by atoms with E-state index in [4.69, 9.17) is 9.84 Å². The van der Waals surface area contributed by atoms with E-state index < -0.39 is 5.97 Å². The number of aryl methyl sites for hydroxylation is 1. The maximum Gasteiger partial charge on any atom is 0.355 e. The smallest absolute Gasteiger partial charge is 0.355 e. The van der Waals surface area contributed by atoms with Crippen molar-refractivity contribution in [3.05, 3.63) is 21.4 Å². The second kappa shape index (κ2) is 3.96. The molecule has 0 unspecified atom stereocenters. The number of ether oxygens (including phenoxy) is 1. The number of rotatable bonds is 2. The summed E-state index contributed by atoms with van der Waals surface area (Å²) in [6.45, 7) is 3.58. The highest BCUT2D eigenvalue weighted by Crippen LogP contribution is 2.32. The molecular weight excluding hydrogens is 250 g/mol. The summed E-state index contributed by atoms with van der Waals surface area (Å²) in [5.74, 6) is -0.548. The predicted molar refractivity (Wildman–Crippen MR) is 54.9 cm³/mol. The number of carbonyl (C=O) groups is 1. The number of carboxylic acid groups (broad SMARTS) is 1. The van der Waals surface area contributed by atoms with Crippen LogP contribution in [0.2, 0.25) is 0 Å². The molecule has 0 atom stereocenters. The Hall–Kier alpha value is -1.10. The van der Waals surface area contributed by atoms with Crippen molar-refractivity contribution in [2.45, 2.75) is 13.8 Å². The zero-order chi connectivity index (χ0) is 10.9. The van der Waals surface area contributed by atoms with E-state index in [1.807, 2.05) is 6.92 Å². The molecule has 0 radical (unpaired) electrons. The van der Waals surface area contributed by atoms with Gasteiger partial charge in [0.2, 0.25) is 0 Å². The van der Waals surface area contributed by atoms with E-state index in [1.54, 1.807) is 6.92 Å². The van der Waals surface area contributed by atoms with Crippen molar-refractivity contribution in [2.75, 3.05) is 7.11 Å². The maximum atomic E-state index is 10.8. The van der Waals surface area contributed by atoms with E-state index in [0.29, 0.717) is 15.9 Å². The van der Waals surface area contributed by atoms with Gasteiger partial charge in [0.15, 0.2) is 5.69 Å². The Bertz CT molecular complexity index is 390. The van der Waals surface area contributed by atoms with E-state index in [9.17, 15) is 4.79 Å². The summed E-state index contributed by atoms with van der Waals surface area (Å²) in [6, 6.07) is 0. The number of aromatic nitrogens is 1. The number of nitrogens with zero attached hydrogens (tertiary/aromatic N) is 1. The van der Waals surface area contributed by atoms with Gasteiger partial charge in [0.05, 0.1) is 11.6 Å². The highest BCUT2D eigenvalue weighted by Gasteiger charge is 2.18. The van der Waals surface area contributed by atoms with Gasteiger partial charge in [0, 0.05) is 11.3 Å². The van der Waals surface area contributed by atoms with Crippen molar-refractivity contribution >= 4 is 21.9 Å². The summed E-state index contributed by atoms with van der Waals surface area (Å²) in [5.41, 5.74) is 1.47. The molecule has 4 nitrogen and oxygen atoms in total. The minimum Gasteiger partial charge on any atom is -0.495 e. The Morgan fingerprint density at radius 2 is 2.07 bits per heavy atom. The summed E-state index contributed by atoms with van der Waals surface area (Å²) in [4.78, 5) is 14.8. The van der Waals surface area contributed by atoms with Crippen molar-refractivity contribution in [3.8, 4) is 5.75 Å². The van der Waals surface area contributed by atoms with Gasteiger partial charge in [-0.1, -0.05) is 0 Å². The Kier molecular flexibility index (Phi) is 3.10. The van der Waals surface area contributed by atoms with Gasteiger partial charge < -0.3 is 9.84 Å². The predicted octanol–water partition coefficient (Wildman–Crippen LogP) is 2.17. The number of methoxy groups -OCH3 is 1. The molecule has 1 heterocycles. The quantitative estimate of drug-likeness (QED) is 0.885. The van der Waals surface area contributed by atoms with Crippen LogP contribution in [0.5, 0.6) is 5.75 Å². The van der Waals surface area contributed by atoms with Crippen molar-refractivity contribution in [2.24, 2.45) is 0 Å².